The predicted molar refractivity (Wildman–Crippen MR) is 131 cm³/mol. The van der Waals surface area contributed by atoms with Gasteiger partial charge in [-0.2, -0.15) is 30.7 Å². The molecule has 0 spiro atoms. The van der Waals surface area contributed by atoms with Crippen molar-refractivity contribution in [2.45, 2.75) is 56.7 Å². The number of benzene rings is 3. The fourth-order valence-electron chi connectivity index (χ4n) is 4.11. The number of aliphatic hydroxyl groups is 1. The molecule has 0 amide bonds. The molecule has 0 aliphatic rings. The summed E-state index contributed by atoms with van der Waals surface area (Å²) in [5.41, 5.74) is -1.94. The molecule has 0 heterocycles. The van der Waals surface area contributed by atoms with Gasteiger partial charge >= 0.3 is 18.7 Å². The number of hydrogen-bond acceptors (Lipinski definition) is 4. The maximum absolute atomic E-state index is 14.8. The second kappa shape index (κ2) is 12.6. The van der Waals surface area contributed by atoms with Gasteiger partial charge in [-0.05, 0) is 61.2 Å². The molecule has 0 aliphatic carbocycles. The highest BCUT2D eigenvalue weighted by Crippen LogP contribution is 2.39. The SMILES string of the molecule is CC(C)Oc1cc([C@@](Cc2ccccc2)(NCC(O)C(F)(F)F)c2cc(F)cc(OC(F)(F)C(F)F)c2)ccc1F. The molecule has 3 aromatic carbocycles. The zero-order valence-corrected chi connectivity index (χ0v) is 21.7. The summed E-state index contributed by atoms with van der Waals surface area (Å²) in [6, 6.07) is 13.1. The van der Waals surface area contributed by atoms with Crippen LogP contribution in [0.5, 0.6) is 11.5 Å². The minimum Gasteiger partial charge on any atom is -0.488 e. The second-order valence-corrected chi connectivity index (χ2v) is 9.46. The van der Waals surface area contributed by atoms with Gasteiger partial charge in [-0.25, -0.2) is 8.78 Å². The Labute approximate surface area is 229 Å². The van der Waals surface area contributed by atoms with Crippen molar-refractivity contribution in [3.63, 3.8) is 0 Å². The molecule has 2 atom stereocenters. The van der Waals surface area contributed by atoms with Gasteiger partial charge in [0.2, 0.25) is 0 Å². The predicted octanol–water partition coefficient (Wildman–Crippen LogP) is 6.99. The van der Waals surface area contributed by atoms with E-state index in [1.54, 1.807) is 44.2 Å². The summed E-state index contributed by atoms with van der Waals surface area (Å²) in [6.07, 6.45) is -18.2. The quantitative estimate of drug-likeness (QED) is 0.222. The van der Waals surface area contributed by atoms with E-state index in [4.69, 9.17) is 4.74 Å². The Kier molecular flexibility index (Phi) is 9.85. The van der Waals surface area contributed by atoms with Crippen LogP contribution >= 0.6 is 0 Å². The van der Waals surface area contributed by atoms with Gasteiger partial charge in [-0.3, -0.25) is 0 Å². The van der Waals surface area contributed by atoms with Gasteiger partial charge in [0.15, 0.2) is 17.7 Å². The third-order valence-corrected chi connectivity index (χ3v) is 5.95. The van der Waals surface area contributed by atoms with Crippen molar-refractivity contribution in [2.24, 2.45) is 0 Å². The average Bonchev–Trinajstić information content (AvgIpc) is 2.86. The summed E-state index contributed by atoms with van der Waals surface area (Å²) >= 11 is 0. The number of rotatable bonds is 12. The van der Waals surface area contributed by atoms with Crippen molar-refractivity contribution >= 4 is 0 Å². The molecule has 13 heteroatoms. The Hall–Kier alpha value is -3.45. The van der Waals surface area contributed by atoms with E-state index in [1.807, 2.05) is 0 Å². The van der Waals surface area contributed by atoms with Gasteiger partial charge in [0.05, 0.1) is 11.6 Å². The zero-order valence-electron chi connectivity index (χ0n) is 21.7. The molecule has 4 nitrogen and oxygen atoms in total. The van der Waals surface area contributed by atoms with E-state index < -0.39 is 60.4 Å². The van der Waals surface area contributed by atoms with Crippen LogP contribution in [0.1, 0.15) is 30.5 Å². The highest BCUT2D eigenvalue weighted by Gasteiger charge is 2.45. The van der Waals surface area contributed by atoms with E-state index in [2.05, 4.69) is 10.1 Å². The summed E-state index contributed by atoms with van der Waals surface area (Å²) < 4.78 is 132. The van der Waals surface area contributed by atoms with Gasteiger partial charge in [0, 0.05) is 12.6 Å². The van der Waals surface area contributed by atoms with E-state index in [-0.39, 0.29) is 23.3 Å². The van der Waals surface area contributed by atoms with Crippen LogP contribution in [0.25, 0.3) is 0 Å². The molecule has 0 bridgehead atoms. The Morgan fingerprint density at radius 2 is 1.51 bits per heavy atom. The molecule has 0 aliphatic heterocycles. The lowest BCUT2D eigenvalue weighted by molar-refractivity contribution is -0.253. The first kappa shape index (κ1) is 32.1. The van der Waals surface area contributed by atoms with Crippen molar-refractivity contribution in [3.8, 4) is 11.5 Å². The average molecular weight is 596 g/mol. The van der Waals surface area contributed by atoms with Crippen molar-refractivity contribution < 1.29 is 54.1 Å². The zero-order chi connectivity index (χ0) is 30.6. The van der Waals surface area contributed by atoms with Crippen molar-refractivity contribution in [1.82, 2.24) is 5.32 Å². The first-order chi connectivity index (χ1) is 19.0. The summed E-state index contributed by atoms with van der Waals surface area (Å²) in [5.74, 6) is -3.47. The first-order valence-corrected chi connectivity index (χ1v) is 12.2. The molecule has 0 aromatic heterocycles. The normalized spacial score (nSPS) is 14.7. The Morgan fingerprint density at radius 3 is 2.10 bits per heavy atom. The van der Waals surface area contributed by atoms with Gasteiger partial charge in [0.25, 0.3) is 0 Å². The van der Waals surface area contributed by atoms with E-state index in [1.165, 1.54) is 0 Å². The van der Waals surface area contributed by atoms with E-state index in [0.29, 0.717) is 11.6 Å². The lowest BCUT2D eigenvalue weighted by atomic mass is 9.77. The fraction of sp³-hybridized carbons (Fsp3) is 0.357. The lowest BCUT2D eigenvalue weighted by Gasteiger charge is -2.38. The minimum absolute atomic E-state index is 0.0232. The van der Waals surface area contributed by atoms with Crippen molar-refractivity contribution in [1.29, 1.82) is 0 Å². The topological polar surface area (TPSA) is 50.7 Å². The van der Waals surface area contributed by atoms with Gasteiger partial charge in [-0.15, -0.1) is 0 Å². The smallest absolute Gasteiger partial charge is 0.461 e. The van der Waals surface area contributed by atoms with Crippen LogP contribution in [-0.2, 0) is 12.0 Å². The maximum atomic E-state index is 14.8. The monoisotopic (exact) mass is 595 g/mol. The summed E-state index contributed by atoms with van der Waals surface area (Å²) in [4.78, 5) is 0. The second-order valence-electron chi connectivity index (χ2n) is 9.46. The molecule has 0 saturated carbocycles. The van der Waals surface area contributed by atoms with Crippen molar-refractivity contribution in [2.75, 3.05) is 6.54 Å². The first-order valence-electron chi connectivity index (χ1n) is 12.2. The number of hydrogen-bond donors (Lipinski definition) is 2. The molecule has 1 unspecified atom stereocenters. The standard InChI is InChI=1S/C28H26F9NO3/c1-16(2)40-23-12-18(8-9-22(23)30)26(14-17-6-4-3-5-7-17,38-15-24(39)27(33,34)35)19-10-20(29)13-21(11-19)41-28(36,37)25(31)32/h3-13,16,24-25,38-39H,14-15H2,1-2H3/t24?,26-/m1/s1. The number of nitrogens with one attached hydrogen (secondary N) is 1. The molecule has 2 N–H and O–H groups in total. The Morgan fingerprint density at radius 1 is 0.854 bits per heavy atom. The van der Waals surface area contributed by atoms with Crippen LogP contribution in [0.2, 0.25) is 0 Å². The lowest BCUT2D eigenvalue weighted by Crippen LogP contribution is -2.51. The van der Waals surface area contributed by atoms with Crippen LogP contribution in [0, 0.1) is 11.6 Å². The van der Waals surface area contributed by atoms with Crippen LogP contribution in [0.15, 0.2) is 66.7 Å². The third-order valence-electron chi connectivity index (χ3n) is 5.95. The van der Waals surface area contributed by atoms with Crippen LogP contribution in [0.4, 0.5) is 39.5 Å². The van der Waals surface area contributed by atoms with Crippen molar-refractivity contribution in [3.05, 3.63) is 95.1 Å². The summed E-state index contributed by atoms with van der Waals surface area (Å²) in [7, 11) is 0. The molecule has 3 aromatic rings. The van der Waals surface area contributed by atoms with E-state index in [0.717, 1.165) is 30.3 Å². The van der Waals surface area contributed by atoms with Crippen LogP contribution in [0.3, 0.4) is 0 Å². The molecule has 3 rings (SSSR count). The third kappa shape index (κ3) is 8.07. The van der Waals surface area contributed by atoms with E-state index in [9.17, 15) is 44.6 Å². The Balaban J connectivity index is 2.31. The molecule has 224 valence electrons. The molecular formula is C28H26F9NO3. The molecule has 0 saturated heterocycles. The fourth-order valence-corrected chi connectivity index (χ4v) is 4.11. The number of ether oxygens (including phenoxy) is 2. The Bertz CT molecular complexity index is 1300. The van der Waals surface area contributed by atoms with Crippen LogP contribution in [-0.4, -0.2) is 42.6 Å². The number of aliphatic hydroxyl groups excluding tert-OH is 1. The summed E-state index contributed by atoms with van der Waals surface area (Å²) in [6.45, 7) is 1.98. The highest BCUT2D eigenvalue weighted by atomic mass is 19.4. The number of alkyl halides is 7. The molecule has 41 heavy (non-hydrogen) atoms. The van der Waals surface area contributed by atoms with E-state index >= 15 is 0 Å². The molecule has 0 fully saturated rings. The largest absolute Gasteiger partial charge is 0.488 e. The van der Waals surface area contributed by atoms with Gasteiger partial charge in [0.1, 0.15) is 11.6 Å². The minimum atomic E-state index is -5.09. The maximum Gasteiger partial charge on any atom is 0.461 e. The highest BCUT2D eigenvalue weighted by molar-refractivity contribution is 5.47. The number of halogens is 9. The van der Waals surface area contributed by atoms with Crippen LogP contribution < -0.4 is 14.8 Å². The molecular weight excluding hydrogens is 569 g/mol. The summed E-state index contributed by atoms with van der Waals surface area (Å²) in [5, 5.41) is 12.4. The molecule has 0 radical (unpaired) electrons. The van der Waals surface area contributed by atoms with Gasteiger partial charge in [-0.1, -0.05) is 36.4 Å². The van der Waals surface area contributed by atoms with Gasteiger partial charge < -0.3 is 19.9 Å².